The van der Waals surface area contributed by atoms with Crippen molar-refractivity contribution < 1.29 is 10.0 Å². The summed E-state index contributed by atoms with van der Waals surface area (Å²) in [4.78, 5) is 12.6. The fourth-order valence-corrected chi connectivity index (χ4v) is 2.32. The van der Waals surface area contributed by atoms with Crippen LogP contribution in [-0.2, 0) is 4.79 Å². The first-order chi connectivity index (χ1) is 10.8. The normalized spacial score (nSPS) is 12.7. The van der Waals surface area contributed by atoms with Gasteiger partial charge in [0.25, 0.3) is 0 Å². The van der Waals surface area contributed by atoms with Gasteiger partial charge in [-0.15, -0.1) is 0 Å². The molecule has 0 aromatic heterocycles. The van der Waals surface area contributed by atoms with Crippen LogP contribution in [0.3, 0.4) is 0 Å². The van der Waals surface area contributed by atoms with Gasteiger partial charge >= 0.3 is 0 Å². The number of amides is 1. The molecular weight excluding hydrogens is 276 g/mol. The van der Waals surface area contributed by atoms with E-state index in [1.165, 1.54) is 0 Å². The highest BCUT2D eigenvalue weighted by atomic mass is 16.4. The maximum Gasteiger partial charge on any atom is 0.233 e. The molecule has 2 aromatic rings. The van der Waals surface area contributed by atoms with Gasteiger partial charge in [-0.1, -0.05) is 72.7 Å². The average molecular weight is 296 g/mol. The fourth-order valence-electron chi connectivity index (χ4n) is 2.32. The van der Waals surface area contributed by atoms with Gasteiger partial charge in [0.2, 0.25) is 5.91 Å². The molecule has 2 N–H and O–H groups in total. The third-order valence-electron chi connectivity index (χ3n) is 3.40. The Kier molecular flexibility index (Phi) is 5.72. The van der Waals surface area contributed by atoms with Crippen molar-refractivity contribution in [3.05, 3.63) is 71.8 Å². The van der Waals surface area contributed by atoms with Crippen molar-refractivity contribution in [3.8, 4) is 0 Å². The zero-order valence-corrected chi connectivity index (χ0v) is 12.6. The number of benzene rings is 2. The molecule has 22 heavy (non-hydrogen) atoms. The van der Waals surface area contributed by atoms with Crippen LogP contribution in [0.15, 0.2) is 65.8 Å². The maximum absolute atomic E-state index is 12.6. The molecule has 2 aromatic carbocycles. The summed E-state index contributed by atoms with van der Waals surface area (Å²) in [7, 11) is 0. The van der Waals surface area contributed by atoms with E-state index in [0.29, 0.717) is 12.3 Å². The zero-order valence-electron chi connectivity index (χ0n) is 12.6. The van der Waals surface area contributed by atoms with Gasteiger partial charge in [-0.25, -0.2) is 0 Å². The van der Waals surface area contributed by atoms with Gasteiger partial charge in [0.1, 0.15) is 11.6 Å². The Morgan fingerprint density at radius 2 is 1.68 bits per heavy atom. The van der Waals surface area contributed by atoms with Crippen LogP contribution in [0.4, 0.5) is 0 Å². The monoisotopic (exact) mass is 296 g/mol. The van der Waals surface area contributed by atoms with E-state index in [4.69, 9.17) is 0 Å². The summed E-state index contributed by atoms with van der Waals surface area (Å²) in [6.45, 7) is 2.59. The van der Waals surface area contributed by atoms with E-state index in [2.05, 4.69) is 10.5 Å². The van der Waals surface area contributed by atoms with Gasteiger partial charge < -0.3 is 10.5 Å². The lowest BCUT2D eigenvalue weighted by atomic mass is 9.89. The Balaban J connectivity index is 2.41. The summed E-state index contributed by atoms with van der Waals surface area (Å²) in [5, 5.41) is 15.8. The molecule has 1 amide bonds. The van der Waals surface area contributed by atoms with Gasteiger partial charge in [0, 0.05) is 12.1 Å². The van der Waals surface area contributed by atoms with Crippen molar-refractivity contribution in [2.45, 2.75) is 19.3 Å². The minimum Gasteiger partial charge on any atom is -0.411 e. The number of nitrogens with zero attached hydrogens (tertiary/aromatic N) is 1. The first-order valence-corrected chi connectivity index (χ1v) is 7.38. The summed E-state index contributed by atoms with van der Waals surface area (Å²) >= 11 is 0. The summed E-state index contributed by atoms with van der Waals surface area (Å²) in [5.41, 5.74) is 1.87. The summed E-state index contributed by atoms with van der Waals surface area (Å²) in [6, 6.07) is 18.6. The van der Waals surface area contributed by atoms with Crippen LogP contribution in [0, 0.1) is 0 Å². The highest BCUT2D eigenvalue weighted by molar-refractivity contribution is 6.16. The second-order valence-corrected chi connectivity index (χ2v) is 4.99. The fraction of sp³-hybridized carbons (Fsp3) is 0.222. The minimum absolute atomic E-state index is 0.162. The molecule has 2 rings (SSSR count). The number of hydrogen-bond acceptors (Lipinski definition) is 3. The molecule has 0 fully saturated rings. The van der Waals surface area contributed by atoms with Crippen LogP contribution in [-0.4, -0.2) is 23.4 Å². The molecule has 1 atom stereocenters. The van der Waals surface area contributed by atoms with Gasteiger partial charge in [-0.05, 0) is 12.0 Å². The van der Waals surface area contributed by atoms with E-state index in [1.807, 2.05) is 67.6 Å². The van der Waals surface area contributed by atoms with Gasteiger partial charge in [-0.2, -0.15) is 0 Å². The largest absolute Gasteiger partial charge is 0.411 e. The standard InChI is InChI=1S/C18H20N2O2/c1-2-13-19-18(21)16(14-9-5-3-6-10-14)17(20-22)15-11-7-4-8-12-15/h3-12,16,22H,2,13H2,1H3,(H,19,21)/b20-17+/t16-/m0/s1. The summed E-state index contributed by atoms with van der Waals surface area (Å²) in [6.07, 6.45) is 0.851. The quantitative estimate of drug-likeness (QED) is 0.488. The number of rotatable bonds is 6. The maximum atomic E-state index is 12.6. The second kappa shape index (κ2) is 7.98. The van der Waals surface area contributed by atoms with Gasteiger partial charge in [0.05, 0.1) is 0 Å². The highest BCUT2D eigenvalue weighted by Gasteiger charge is 2.27. The predicted molar refractivity (Wildman–Crippen MR) is 87.2 cm³/mol. The van der Waals surface area contributed by atoms with E-state index in [-0.39, 0.29) is 5.91 Å². The van der Waals surface area contributed by atoms with Crippen molar-refractivity contribution >= 4 is 11.6 Å². The lowest BCUT2D eigenvalue weighted by Gasteiger charge is -2.18. The van der Waals surface area contributed by atoms with Crippen LogP contribution >= 0.6 is 0 Å². The topological polar surface area (TPSA) is 61.7 Å². The summed E-state index contributed by atoms with van der Waals surface area (Å²) in [5.74, 6) is -0.801. The van der Waals surface area contributed by atoms with Gasteiger partial charge in [0.15, 0.2) is 0 Å². The Hall–Kier alpha value is -2.62. The molecule has 0 saturated heterocycles. The van der Waals surface area contributed by atoms with E-state index in [0.717, 1.165) is 17.5 Å². The number of nitrogens with one attached hydrogen (secondary N) is 1. The molecule has 4 nitrogen and oxygen atoms in total. The average Bonchev–Trinajstić information content (AvgIpc) is 2.59. The van der Waals surface area contributed by atoms with Crippen LogP contribution in [0.5, 0.6) is 0 Å². The molecule has 0 aliphatic carbocycles. The molecule has 0 aliphatic rings. The molecule has 0 bridgehead atoms. The van der Waals surface area contributed by atoms with E-state index in [9.17, 15) is 10.0 Å². The molecule has 0 radical (unpaired) electrons. The van der Waals surface area contributed by atoms with Crippen molar-refractivity contribution in [3.63, 3.8) is 0 Å². The van der Waals surface area contributed by atoms with Crippen LogP contribution in [0.25, 0.3) is 0 Å². The van der Waals surface area contributed by atoms with Crippen molar-refractivity contribution in [2.75, 3.05) is 6.54 Å². The Labute approximate surface area is 130 Å². The summed E-state index contributed by atoms with van der Waals surface area (Å²) < 4.78 is 0. The van der Waals surface area contributed by atoms with E-state index in [1.54, 1.807) is 0 Å². The Bertz CT molecular complexity index is 624. The lowest BCUT2D eigenvalue weighted by Crippen LogP contribution is -2.34. The third-order valence-corrected chi connectivity index (χ3v) is 3.40. The Morgan fingerprint density at radius 3 is 2.23 bits per heavy atom. The molecule has 4 heteroatoms. The minimum atomic E-state index is -0.639. The van der Waals surface area contributed by atoms with Crippen LogP contribution in [0.2, 0.25) is 0 Å². The van der Waals surface area contributed by atoms with E-state index >= 15 is 0 Å². The number of carbonyl (C=O) groups is 1. The molecule has 0 unspecified atom stereocenters. The zero-order chi connectivity index (χ0) is 15.8. The van der Waals surface area contributed by atoms with Crippen molar-refractivity contribution in [1.82, 2.24) is 5.32 Å². The lowest BCUT2D eigenvalue weighted by molar-refractivity contribution is -0.121. The molecule has 0 aliphatic heterocycles. The number of hydrogen-bond donors (Lipinski definition) is 2. The van der Waals surface area contributed by atoms with Gasteiger partial charge in [-0.3, -0.25) is 4.79 Å². The van der Waals surface area contributed by atoms with Crippen LogP contribution in [0.1, 0.15) is 30.4 Å². The first kappa shape index (κ1) is 15.8. The SMILES string of the molecule is CCCNC(=O)[C@H](/C(=N/O)c1ccccc1)c1ccccc1. The molecule has 0 heterocycles. The molecule has 0 spiro atoms. The Morgan fingerprint density at radius 1 is 1.09 bits per heavy atom. The van der Waals surface area contributed by atoms with Crippen molar-refractivity contribution in [1.29, 1.82) is 0 Å². The predicted octanol–water partition coefficient (Wildman–Crippen LogP) is 3.17. The third kappa shape index (κ3) is 3.73. The number of oxime groups is 1. The number of carbonyl (C=O) groups excluding carboxylic acids is 1. The highest BCUT2D eigenvalue weighted by Crippen LogP contribution is 2.22. The molecular formula is C18H20N2O2. The first-order valence-electron chi connectivity index (χ1n) is 7.38. The second-order valence-electron chi connectivity index (χ2n) is 4.99. The molecule has 0 saturated carbocycles. The van der Waals surface area contributed by atoms with Crippen molar-refractivity contribution in [2.24, 2.45) is 5.16 Å². The smallest absolute Gasteiger partial charge is 0.233 e. The van der Waals surface area contributed by atoms with Crippen LogP contribution < -0.4 is 5.32 Å². The van der Waals surface area contributed by atoms with E-state index < -0.39 is 5.92 Å². The molecule has 114 valence electrons.